The van der Waals surface area contributed by atoms with Crippen LogP contribution in [0.2, 0.25) is 0 Å². The molecule has 0 bridgehead atoms. The van der Waals surface area contributed by atoms with Crippen LogP contribution in [-0.2, 0) is 19.7 Å². The zero-order valence-electron chi connectivity index (χ0n) is 12.2. The Bertz CT molecular complexity index is 475. The van der Waals surface area contributed by atoms with Gasteiger partial charge in [-0.15, -0.1) is 0 Å². The lowest BCUT2D eigenvalue weighted by Gasteiger charge is -2.23. The third-order valence-electron chi connectivity index (χ3n) is 2.87. The normalized spacial score (nSPS) is 11.0. The molecule has 19 heavy (non-hydrogen) atoms. The third-order valence-corrected chi connectivity index (χ3v) is 2.87. The Hall–Kier alpha value is -1.84. The van der Waals surface area contributed by atoms with Crippen LogP contribution in [0.15, 0.2) is 24.3 Å². The first-order valence-corrected chi connectivity index (χ1v) is 6.22. The number of hydrogen-bond donors (Lipinski definition) is 0. The highest BCUT2D eigenvalue weighted by molar-refractivity contribution is 5.94. The van der Waals surface area contributed by atoms with E-state index in [9.17, 15) is 9.59 Å². The van der Waals surface area contributed by atoms with Crippen molar-refractivity contribution in [3.05, 3.63) is 29.8 Å². The van der Waals surface area contributed by atoms with Gasteiger partial charge in [-0.2, -0.15) is 0 Å². The maximum atomic E-state index is 11.9. The predicted molar refractivity (Wildman–Crippen MR) is 75.2 cm³/mol. The molecule has 0 aliphatic carbocycles. The Kier molecular flexibility index (Phi) is 4.70. The van der Waals surface area contributed by atoms with Crippen molar-refractivity contribution in [3.63, 3.8) is 0 Å². The van der Waals surface area contributed by atoms with Gasteiger partial charge in [-0.05, 0) is 23.1 Å². The number of esters is 1. The first kappa shape index (κ1) is 15.2. The molecule has 4 nitrogen and oxygen atoms in total. The molecule has 104 valence electrons. The highest BCUT2D eigenvalue weighted by Crippen LogP contribution is 2.25. The van der Waals surface area contributed by atoms with E-state index < -0.39 is 5.97 Å². The molecule has 0 fully saturated rings. The minimum absolute atomic E-state index is 0.0236. The van der Waals surface area contributed by atoms with Crippen molar-refractivity contribution in [1.29, 1.82) is 0 Å². The van der Waals surface area contributed by atoms with E-state index in [1.54, 1.807) is 7.05 Å². The lowest BCUT2D eigenvalue weighted by atomic mass is 9.87. The summed E-state index contributed by atoms with van der Waals surface area (Å²) in [5, 5.41) is 0. The fourth-order valence-electron chi connectivity index (χ4n) is 1.59. The molecular weight excluding hydrogens is 242 g/mol. The molecule has 0 heterocycles. The second kappa shape index (κ2) is 5.87. The van der Waals surface area contributed by atoms with Gasteiger partial charge in [0.1, 0.15) is 0 Å². The van der Waals surface area contributed by atoms with Crippen molar-refractivity contribution in [2.45, 2.75) is 33.1 Å². The molecule has 0 aromatic heterocycles. The van der Waals surface area contributed by atoms with Gasteiger partial charge < -0.3 is 9.64 Å². The molecular formula is C15H21NO3. The van der Waals surface area contributed by atoms with Gasteiger partial charge in [-0.25, -0.2) is 0 Å². The van der Waals surface area contributed by atoms with Gasteiger partial charge in [0.15, 0.2) is 6.61 Å². The summed E-state index contributed by atoms with van der Waals surface area (Å²) in [6.07, 6.45) is 0. The van der Waals surface area contributed by atoms with E-state index in [0.717, 1.165) is 11.3 Å². The summed E-state index contributed by atoms with van der Waals surface area (Å²) >= 11 is 0. The molecule has 0 N–H and O–H groups in total. The number of amides is 1. The lowest BCUT2D eigenvalue weighted by Crippen LogP contribution is -2.31. The largest absolute Gasteiger partial charge is 0.456 e. The molecule has 0 atom stereocenters. The number of nitrogens with zero attached hydrogens (tertiary/aromatic N) is 1. The lowest BCUT2D eigenvalue weighted by molar-refractivity contribution is -0.145. The molecule has 1 aromatic rings. The van der Waals surface area contributed by atoms with Crippen LogP contribution in [0.5, 0.6) is 0 Å². The summed E-state index contributed by atoms with van der Waals surface area (Å²) in [5.41, 5.74) is 1.97. The van der Waals surface area contributed by atoms with Gasteiger partial charge in [0.25, 0.3) is 5.91 Å². The zero-order chi connectivity index (χ0) is 14.6. The fraction of sp³-hybridized carbons (Fsp3) is 0.467. The van der Waals surface area contributed by atoms with E-state index in [4.69, 9.17) is 4.74 Å². The number of carbonyl (C=O) groups is 2. The smallest absolute Gasteiger partial charge is 0.303 e. The second-order valence-corrected chi connectivity index (χ2v) is 5.53. The molecule has 0 saturated heterocycles. The Morgan fingerprint density at radius 3 is 2.42 bits per heavy atom. The summed E-state index contributed by atoms with van der Waals surface area (Å²) in [7, 11) is 1.67. The maximum Gasteiger partial charge on any atom is 0.303 e. The average Bonchev–Trinajstić information content (AvgIpc) is 2.34. The van der Waals surface area contributed by atoms with Crippen LogP contribution >= 0.6 is 0 Å². The van der Waals surface area contributed by atoms with Gasteiger partial charge in [0.2, 0.25) is 0 Å². The van der Waals surface area contributed by atoms with E-state index in [1.165, 1.54) is 11.8 Å². The van der Waals surface area contributed by atoms with Crippen LogP contribution < -0.4 is 4.90 Å². The van der Waals surface area contributed by atoms with Crippen LogP contribution in [0.1, 0.15) is 33.3 Å². The number of likely N-dealkylation sites (N-methyl/N-ethyl adjacent to an activating group) is 1. The molecule has 1 amide bonds. The molecule has 0 spiro atoms. The van der Waals surface area contributed by atoms with E-state index in [1.807, 2.05) is 24.3 Å². The SMILES string of the molecule is CC(=O)OCC(=O)N(C)c1cccc(C(C)(C)C)c1. The molecule has 4 heteroatoms. The van der Waals surface area contributed by atoms with Crippen LogP contribution in [0, 0.1) is 0 Å². The Balaban J connectivity index is 2.85. The number of anilines is 1. The second-order valence-electron chi connectivity index (χ2n) is 5.53. The molecule has 1 aromatic carbocycles. The van der Waals surface area contributed by atoms with Gasteiger partial charge in [-0.3, -0.25) is 9.59 Å². The number of benzene rings is 1. The van der Waals surface area contributed by atoms with E-state index >= 15 is 0 Å². The Morgan fingerprint density at radius 2 is 1.89 bits per heavy atom. The Morgan fingerprint density at radius 1 is 1.26 bits per heavy atom. The van der Waals surface area contributed by atoms with Gasteiger partial charge in [0.05, 0.1) is 0 Å². The first-order valence-electron chi connectivity index (χ1n) is 6.22. The summed E-state index contributed by atoms with van der Waals surface area (Å²) in [6.45, 7) is 7.41. The summed E-state index contributed by atoms with van der Waals surface area (Å²) < 4.78 is 4.71. The molecule has 0 aliphatic heterocycles. The first-order chi connectivity index (χ1) is 8.71. The molecule has 0 radical (unpaired) electrons. The topological polar surface area (TPSA) is 46.6 Å². The van der Waals surface area contributed by atoms with Crippen molar-refractivity contribution in [2.24, 2.45) is 0 Å². The van der Waals surface area contributed by atoms with Crippen LogP contribution in [-0.4, -0.2) is 25.5 Å². The van der Waals surface area contributed by atoms with Crippen LogP contribution in [0.4, 0.5) is 5.69 Å². The number of carbonyl (C=O) groups excluding carboxylic acids is 2. The summed E-state index contributed by atoms with van der Waals surface area (Å²) in [6, 6.07) is 7.80. The summed E-state index contributed by atoms with van der Waals surface area (Å²) in [4.78, 5) is 24.1. The van der Waals surface area contributed by atoms with Gasteiger partial charge in [-0.1, -0.05) is 32.9 Å². The molecule has 0 saturated carbocycles. The van der Waals surface area contributed by atoms with E-state index in [2.05, 4.69) is 20.8 Å². The standard InChI is InChI=1S/C15H21NO3/c1-11(17)19-10-14(18)16(5)13-8-6-7-12(9-13)15(2,3)4/h6-9H,10H2,1-5H3. The predicted octanol–water partition coefficient (Wildman–Crippen LogP) is 2.51. The van der Waals surface area contributed by atoms with Crippen molar-refractivity contribution in [1.82, 2.24) is 0 Å². The number of hydrogen-bond acceptors (Lipinski definition) is 3. The van der Waals surface area contributed by atoms with E-state index in [0.29, 0.717) is 0 Å². The van der Waals surface area contributed by atoms with E-state index in [-0.39, 0.29) is 17.9 Å². The zero-order valence-corrected chi connectivity index (χ0v) is 12.2. The number of ether oxygens (including phenoxy) is 1. The average molecular weight is 263 g/mol. The minimum atomic E-state index is -0.454. The van der Waals surface area contributed by atoms with Crippen LogP contribution in [0.25, 0.3) is 0 Å². The highest BCUT2D eigenvalue weighted by Gasteiger charge is 2.17. The van der Waals surface area contributed by atoms with Crippen molar-refractivity contribution in [2.75, 3.05) is 18.6 Å². The minimum Gasteiger partial charge on any atom is -0.456 e. The molecule has 0 aliphatic rings. The quantitative estimate of drug-likeness (QED) is 0.787. The summed E-state index contributed by atoms with van der Waals surface area (Å²) in [5.74, 6) is -0.702. The maximum absolute atomic E-state index is 11.9. The van der Waals surface area contributed by atoms with Crippen molar-refractivity contribution in [3.8, 4) is 0 Å². The Labute approximate surface area is 114 Å². The highest BCUT2D eigenvalue weighted by atomic mass is 16.5. The third kappa shape index (κ3) is 4.39. The molecule has 0 unspecified atom stereocenters. The monoisotopic (exact) mass is 263 g/mol. The fourth-order valence-corrected chi connectivity index (χ4v) is 1.59. The molecule has 1 rings (SSSR count). The van der Waals surface area contributed by atoms with Gasteiger partial charge >= 0.3 is 5.97 Å². The number of rotatable bonds is 3. The van der Waals surface area contributed by atoms with Crippen LogP contribution in [0.3, 0.4) is 0 Å². The van der Waals surface area contributed by atoms with Gasteiger partial charge in [0, 0.05) is 19.7 Å². The van der Waals surface area contributed by atoms with Crippen molar-refractivity contribution < 1.29 is 14.3 Å². The van der Waals surface area contributed by atoms with Crippen molar-refractivity contribution >= 4 is 17.6 Å².